The molecule has 2 aromatic rings. The molecule has 0 amide bonds. The fourth-order valence-electron chi connectivity index (χ4n) is 2.32. The van der Waals surface area contributed by atoms with Crippen molar-refractivity contribution in [3.05, 3.63) is 57.0 Å². The molecule has 8 heteroatoms. The summed E-state index contributed by atoms with van der Waals surface area (Å²) in [5.74, 6) is 0.418. The Bertz CT molecular complexity index is 804. The smallest absolute Gasteiger partial charge is 0.182 e. The van der Waals surface area contributed by atoms with Crippen LogP contribution in [0, 0.1) is 0 Å². The van der Waals surface area contributed by atoms with Gasteiger partial charge < -0.3 is 0 Å². The zero-order valence-corrected chi connectivity index (χ0v) is 15.4. The van der Waals surface area contributed by atoms with Crippen molar-refractivity contribution in [2.24, 2.45) is 10.2 Å². The molecule has 0 spiro atoms. The average molecular weight is 408 g/mol. The molecular formula is C15H10Cl4N2OS. The number of hydrogen-bond donors (Lipinski definition) is 0. The molecule has 0 saturated carbocycles. The van der Waals surface area contributed by atoms with E-state index in [0.29, 0.717) is 43.4 Å². The third-order valence-corrected chi connectivity index (χ3v) is 6.14. The quantitative estimate of drug-likeness (QED) is 0.325. The first-order chi connectivity index (χ1) is 10.9. The molecule has 0 radical (unpaired) electrons. The number of benzene rings is 2. The van der Waals surface area contributed by atoms with Crippen molar-refractivity contribution < 1.29 is 4.21 Å². The van der Waals surface area contributed by atoms with E-state index in [1.807, 2.05) is 18.2 Å². The normalized spacial score (nSPS) is 23.9. The molecule has 2 atom stereocenters. The van der Waals surface area contributed by atoms with Crippen LogP contribution in [0.5, 0.6) is 0 Å². The molecule has 0 bridgehead atoms. The van der Waals surface area contributed by atoms with E-state index in [0.717, 1.165) is 0 Å². The van der Waals surface area contributed by atoms with Crippen molar-refractivity contribution in [1.82, 2.24) is 0 Å². The summed E-state index contributed by atoms with van der Waals surface area (Å²) < 4.78 is 12.1. The molecule has 23 heavy (non-hydrogen) atoms. The number of alkyl halides is 1. The van der Waals surface area contributed by atoms with Gasteiger partial charge in [0.1, 0.15) is 5.69 Å². The Balaban J connectivity index is 2.03. The predicted molar refractivity (Wildman–Crippen MR) is 95.9 cm³/mol. The van der Waals surface area contributed by atoms with Crippen LogP contribution in [0.15, 0.2) is 51.5 Å². The molecule has 3 nitrogen and oxygen atoms in total. The lowest BCUT2D eigenvalue weighted by Crippen LogP contribution is -2.26. The molecule has 1 aliphatic heterocycles. The second-order valence-electron chi connectivity index (χ2n) is 4.97. The van der Waals surface area contributed by atoms with Crippen molar-refractivity contribution in [1.29, 1.82) is 0 Å². The predicted octanol–water partition coefficient (Wildman–Crippen LogP) is 6.33. The monoisotopic (exact) mass is 406 g/mol. The van der Waals surface area contributed by atoms with Gasteiger partial charge in [-0.15, -0.1) is 0 Å². The van der Waals surface area contributed by atoms with Crippen LogP contribution in [0.3, 0.4) is 0 Å². The third-order valence-electron chi connectivity index (χ3n) is 3.45. The molecule has 0 N–H and O–H groups in total. The lowest BCUT2D eigenvalue weighted by Gasteiger charge is -2.28. The van der Waals surface area contributed by atoms with E-state index in [9.17, 15) is 4.21 Å². The SMILES string of the molecule is O=S1CCC(Cl)(N=Nc2c(Cl)cc(Cl)cc2Cl)c2ccccc21. The van der Waals surface area contributed by atoms with Gasteiger partial charge in [0, 0.05) is 27.7 Å². The summed E-state index contributed by atoms with van der Waals surface area (Å²) in [6.45, 7) is 0. The minimum Gasteiger partial charge on any atom is -0.254 e. The van der Waals surface area contributed by atoms with E-state index in [1.165, 1.54) is 12.1 Å². The van der Waals surface area contributed by atoms with E-state index in [4.69, 9.17) is 46.4 Å². The van der Waals surface area contributed by atoms with Crippen LogP contribution >= 0.6 is 46.4 Å². The van der Waals surface area contributed by atoms with Crippen LogP contribution < -0.4 is 0 Å². The van der Waals surface area contributed by atoms with Gasteiger partial charge in [-0.2, -0.15) is 10.2 Å². The first-order valence-electron chi connectivity index (χ1n) is 6.65. The second kappa shape index (κ2) is 6.69. The van der Waals surface area contributed by atoms with E-state index in [1.54, 1.807) is 6.07 Å². The highest BCUT2D eigenvalue weighted by Crippen LogP contribution is 2.44. The Hall–Kier alpha value is -0.650. The Morgan fingerprint density at radius 3 is 2.43 bits per heavy atom. The molecule has 2 unspecified atom stereocenters. The van der Waals surface area contributed by atoms with E-state index < -0.39 is 15.8 Å². The molecule has 0 aliphatic carbocycles. The first-order valence-corrected chi connectivity index (χ1v) is 9.48. The fraction of sp³-hybridized carbons (Fsp3) is 0.200. The van der Waals surface area contributed by atoms with E-state index in [-0.39, 0.29) is 0 Å². The standard InChI is InChI=1S/C15H10Cl4N2OS/c16-9-7-11(17)14(12(18)8-9)20-21-15(19)5-6-23(22)13-4-2-1-3-10(13)15/h1-4,7-8H,5-6H2. The summed E-state index contributed by atoms with van der Waals surface area (Å²) in [6.07, 6.45) is 0.407. The van der Waals surface area contributed by atoms with Crippen LogP contribution in [0.4, 0.5) is 5.69 Å². The van der Waals surface area contributed by atoms with Crippen LogP contribution in [-0.2, 0) is 15.8 Å². The van der Waals surface area contributed by atoms with Crippen molar-refractivity contribution in [3.8, 4) is 0 Å². The number of rotatable bonds is 2. The largest absolute Gasteiger partial charge is 0.254 e. The van der Waals surface area contributed by atoms with Gasteiger partial charge in [0.25, 0.3) is 0 Å². The number of halogens is 4. The maximum Gasteiger partial charge on any atom is 0.182 e. The van der Waals surface area contributed by atoms with Crippen molar-refractivity contribution >= 4 is 62.9 Å². The Labute approximate surface area is 156 Å². The van der Waals surface area contributed by atoms with Crippen LogP contribution in [0.2, 0.25) is 15.1 Å². The number of nitrogens with zero attached hydrogens (tertiary/aromatic N) is 2. The van der Waals surface area contributed by atoms with Gasteiger partial charge in [-0.1, -0.05) is 64.6 Å². The molecule has 0 aromatic heterocycles. The first kappa shape index (κ1) is 17.2. The molecule has 1 heterocycles. The summed E-state index contributed by atoms with van der Waals surface area (Å²) in [4.78, 5) is -0.405. The van der Waals surface area contributed by atoms with Crippen molar-refractivity contribution in [2.45, 2.75) is 16.3 Å². The second-order valence-corrected chi connectivity index (χ2v) is 8.39. The molecule has 2 aromatic carbocycles. The summed E-state index contributed by atoms with van der Waals surface area (Å²) in [7, 11) is -1.08. The Kier molecular flexibility index (Phi) is 5.00. The zero-order chi connectivity index (χ0) is 16.6. The summed E-state index contributed by atoms with van der Waals surface area (Å²) in [6, 6.07) is 10.3. The number of azo groups is 1. The minimum atomic E-state index is -1.09. The van der Waals surface area contributed by atoms with E-state index >= 15 is 0 Å². The van der Waals surface area contributed by atoms with Crippen LogP contribution in [-0.4, -0.2) is 9.96 Å². The highest BCUT2D eigenvalue weighted by molar-refractivity contribution is 7.85. The van der Waals surface area contributed by atoms with Gasteiger partial charge in [0.2, 0.25) is 0 Å². The number of fused-ring (bicyclic) bond motifs is 1. The summed E-state index contributed by atoms with van der Waals surface area (Å²) in [5, 5.41) is 9.39. The Morgan fingerprint density at radius 1 is 1.09 bits per heavy atom. The zero-order valence-electron chi connectivity index (χ0n) is 11.6. The molecule has 0 fully saturated rings. The molecule has 1 aliphatic rings. The Morgan fingerprint density at radius 2 is 1.74 bits per heavy atom. The summed E-state index contributed by atoms with van der Waals surface area (Å²) in [5.41, 5.74) is 0.998. The molecular weight excluding hydrogens is 398 g/mol. The molecule has 3 rings (SSSR count). The lowest BCUT2D eigenvalue weighted by atomic mass is 10.0. The molecule has 0 saturated heterocycles. The molecule has 120 valence electrons. The van der Waals surface area contributed by atoms with Crippen LogP contribution in [0.1, 0.15) is 12.0 Å². The van der Waals surface area contributed by atoms with Crippen LogP contribution in [0.25, 0.3) is 0 Å². The number of hydrogen-bond acceptors (Lipinski definition) is 3. The highest BCUT2D eigenvalue weighted by atomic mass is 35.5. The summed E-state index contributed by atoms with van der Waals surface area (Å²) >= 11 is 24.7. The van der Waals surface area contributed by atoms with Gasteiger partial charge in [-0.3, -0.25) is 4.21 Å². The fourth-order valence-corrected chi connectivity index (χ4v) is 5.09. The van der Waals surface area contributed by atoms with Crippen molar-refractivity contribution in [3.63, 3.8) is 0 Å². The lowest BCUT2D eigenvalue weighted by molar-refractivity contribution is 0.561. The maximum atomic E-state index is 12.1. The topological polar surface area (TPSA) is 41.8 Å². The van der Waals surface area contributed by atoms with Gasteiger partial charge in [-0.25, -0.2) is 0 Å². The van der Waals surface area contributed by atoms with Gasteiger partial charge in [-0.05, 0) is 18.2 Å². The van der Waals surface area contributed by atoms with Gasteiger partial charge in [0.15, 0.2) is 5.00 Å². The highest BCUT2D eigenvalue weighted by Gasteiger charge is 2.37. The van der Waals surface area contributed by atoms with Crippen molar-refractivity contribution in [2.75, 3.05) is 5.75 Å². The van der Waals surface area contributed by atoms with E-state index in [2.05, 4.69) is 10.2 Å². The van der Waals surface area contributed by atoms with Gasteiger partial charge >= 0.3 is 0 Å². The average Bonchev–Trinajstić information content (AvgIpc) is 2.51. The third kappa shape index (κ3) is 3.42. The minimum absolute atomic E-state index is 0.291. The van der Waals surface area contributed by atoms with Gasteiger partial charge in [0.05, 0.1) is 20.8 Å². The maximum absolute atomic E-state index is 12.1.